The third-order valence-corrected chi connectivity index (χ3v) is 4.17. The Kier molecular flexibility index (Phi) is 3.19. The number of hydrogen-bond donors (Lipinski definition) is 0. The fourth-order valence-corrected chi connectivity index (χ4v) is 3.02. The summed E-state index contributed by atoms with van der Waals surface area (Å²) in [6, 6.07) is 7.98. The van der Waals surface area contributed by atoms with E-state index in [9.17, 15) is 0 Å². The highest BCUT2D eigenvalue weighted by Crippen LogP contribution is 2.30. The molecule has 4 rings (SSSR count). The molecule has 4 aromatic rings. The van der Waals surface area contributed by atoms with E-state index in [1.807, 2.05) is 43.4 Å². The molecule has 3 aromatic heterocycles. The molecule has 6 nitrogen and oxygen atoms in total. The molecule has 6 heteroatoms. The molecule has 0 amide bonds. The SMILES string of the molecule is COc1cc(C)cc2c1nc(C)c1nnc(-c3cccnc3C)n12. The fraction of sp³-hybridized carbons (Fsp3) is 0.222. The maximum Gasteiger partial charge on any atom is 0.183 e. The summed E-state index contributed by atoms with van der Waals surface area (Å²) in [5.74, 6) is 1.51. The summed E-state index contributed by atoms with van der Waals surface area (Å²) in [6.07, 6.45) is 1.78. The van der Waals surface area contributed by atoms with Crippen molar-refractivity contribution in [3.05, 3.63) is 47.4 Å². The van der Waals surface area contributed by atoms with E-state index in [1.165, 1.54) is 0 Å². The van der Waals surface area contributed by atoms with Gasteiger partial charge in [-0.3, -0.25) is 9.38 Å². The average molecular weight is 319 g/mol. The first-order chi connectivity index (χ1) is 11.6. The normalized spacial score (nSPS) is 11.3. The summed E-state index contributed by atoms with van der Waals surface area (Å²) < 4.78 is 7.57. The minimum Gasteiger partial charge on any atom is -0.494 e. The number of pyridine rings is 1. The van der Waals surface area contributed by atoms with E-state index < -0.39 is 0 Å². The smallest absolute Gasteiger partial charge is 0.183 e. The quantitative estimate of drug-likeness (QED) is 0.567. The first kappa shape index (κ1) is 14.6. The van der Waals surface area contributed by atoms with Gasteiger partial charge in [-0.1, -0.05) is 0 Å². The fourth-order valence-electron chi connectivity index (χ4n) is 3.02. The molecule has 0 atom stereocenters. The highest BCUT2D eigenvalue weighted by Gasteiger charge is 2.18. The van der Waals surface area contributed by atoms with E-state index in [-0.39, 0.29) is 0 Å². The Hall–Kier alpha value is -3.02. The van der Waals surface area contributed by atoms with Crippen molar-refractivity contribution in [2.24, 2.45) is 0 Å². The zero-order chi connectivity index (χ0) is 16.8. The Balaban J connectivity index is 2.20. The number of rotatable bonds is 2. The molecular formula is C18H17N5O. The monoisotopic (exact) mass is 319 g/mol. The van der Waals surface area contributed by atoms with Gasteiger partial charge in [0.2, 0.25) is 0 Å². The van der Waals surface area contributed by atoms with Crippen LogP contribution in [-0.4, -0.2) is 31.7 Å². The Labute approximate surface area is 139 Å². The topological polar surface area (TPSA) is 65.2 Å². The number of methoxy groups -OCH3 is 1. The molecule has 0 N–H and O–H groups in total. The van der Waals surface area contributed by atoms with Crippen molar-refractivity contribution < 1.29 is 4.74 Å². The lowest BCUT2D eigenvalue weighted by Crippen LogP contribution is -2.01. The molecule has 24 heavy (non-hydrogen) atoms. The number of hydrogen-bond acceptors (Lipinski definition) is 5. The molecule has 120 valence electrons. The third-order valence-electron chi connectivity index (χ3n) is 4.17. The van der Waals surface area contributed by atoms with Crippen molar-refractivity contribution in [2.45, 2.75) is 20.8 Å². The molecule has 0 fully saturated rings. The zero-order valence-electron chi connectivity index (χ0n) is 14.0. The van der Waals surface area contributed by atoms with E-state index >= 15 is 0 Å². The van der Waals surface area contributed by atoms with Crippen LogP contribution in [0.2, 0.25) is 0 Å². The maximum absolute atomic E-state index is 5.53. The lowest BCUT2D eigenvalue weighted by Gasteiger charge is -2.11. The molecule has 3 heterocycles. The van der Waals surface area contributed by atoms with Crippen LogP contribution < -0.4 is 4.74 Å². The van der Waals surface area contributed by atoms with Crippen molar-refractivity contribution in [1.82, 2.24) is 24.6 Å². The van der Waals surface area contributed by atoms with E-state index in [0.717, 1.165) is 50.8 Å². The van der Waals surface area contributed by atoms with Gasteiger partial charge in [0.1, 0.15) is 11.3 Å². The van der Waals surface area contributed by atoms with E-state index in [1.54, 1.807) is 13.3 Å². The van der Waals surface area contributed by atoms with Crippen LogP contribution in [0.3, 0.4) is 0 Å². The van der Waals surface area contributed by atoms with Gasteiger partial charge < -0.3 is 4.74 Å². The van der Waals surface area contributed by atoms with Crippen LogP contribution in [0, 0.1) is 20.8 Å². The number of benzene rings is 1. The van der Waals surface area contributed by atoms with Gasteiger partial charge in [-0.25, -0.2) is 4.98 Å². The van der Waals surface area contributed by atoms with Gasteiger partial charge in [-0.15, -0.1) is 10.2 Å². The maximum atomic E-state index is 5.53. The van der Waals surface area contributed by atoms with Gasteiger partial charge in [-0.2, -0.15) is 0 Å². The van der Waals surface area contributed by atoms with Crippen molar-refractivity contribution in [2.75, 3.05) is 7.11 Å². The Morgan fingerprint density at radius 1 is 1.04 bits per heavy atom. The molecule has 0 saturated carbocycles. The molecule has 0 aliphatic rings. The van der Waals surface area contributed by atoms with Gasteiger partial charge in [0.05, 0.1) is 18.3 Å². The molecule has 0 radical (unpaired) electrons. The Morgan fingerprint density at radius 2 is 1.88 bits per heavy atom. The summed E-state index contributed by atoms with van der Waals surface area (Å²) in [7, 11) is 1.66. The first-order valence-electron chi connectivity index (χ1n) is 7.72. The summed E-state index contributed by atoms with van der Waals surface area (Å²) in [6.45, 7) is 5.94. The summed E-state index contributed by atoms with van der Waals surface area (Å²) in [5, 5.41) is 8.77. The van der Waals surface area contributed by atoms with Crippen LogP contribution in [-0.2, 0) is 0 Å². The van der Waals surface area contributed by atoms with E-state index in [2.05, 4.69) is 26.2 Å². The minimum atomic E-state index is 0.744. The van der Waals surface area contributed by atoms with E-state index in [4.69, 9.17) is 4.74 Å². The van der Waals surface area contributed by atoms with Crippen LogP contribution in [0.1, 0.15) is 17.0 Å². The molecule has 0 aliphatic carbocycles. The van der Waals surface area contributed by atoms with Crippen molar-refractivity contribution in [3.8, 4) is 17.1 Å². The van der Waals surface area contributed by atoms with E-state index in [0.29, 0.717) is 0 Å². The second-order valence-electron chi connectivity index (χ2n) is 5.85. The van der Waals surface area contributed by atoms with Gasteiger partial charge in [-0.05, 0) is 50.6 Å². The van der Waals surface area contributed by atoms with Gasteiger partial charge in [0.15, 0.2) is 11.5 Å². The van der Waals surface area contributed by atoms with Gasteiger partial charge in [0.25, 0.3) is 0 Å². The molecule has 0 aliphatic heterocycles. The molecule has 0 bridgehead atoms. The first-order valence-corrected chi connectivity index (χ1v) is 7.72. The van der Waals surface area contributed by atoms with Crippen LogP contribution in [0.25, 0.3) is 28.1 Å². The van der Waals surface area contributed by atoms with Crippen molar-refractivity contribution in [3.63, 3.8) is 0 Å². The minimum absolute atomic E-state index is 0.744. The zero-order valence-corrected chi connectivity index (χ0v) is 14.0. The predicted octanol–water partition coefficient (Wildman–Crippen LogP) is 3.27. The molecule has 0 saturated heterocycles. The summed E-state index contributed by atoms with van der Waals surface area (Å²) >= 11 is 0. The summed E-state index contributed by atoms with van der Waals surface area (Å²) in [5.41, 5.74) is 6.24. The average Bonchev–Trinajstić information content (AvgIpc) is 3.01. The molecular weight excluding hydrogens is 302 g/mol. The lowest BCUT2D eigenvalue weighted by molar-refractivity contribution is 0.418. The van der Waals surface area contributed by atoms with Crippen molar-refractivity contribution in [1.29, 1.82) is 0 Å². The Morgan fingerprint density at radius 3 is 2.62 bits per heavy atom. The standard InChI is InChI=1S/C18H17N5O/c1-10-8-14-16(15(9-10)24-4)20-12(3)17-21-22-18(23(14)17)13-6-5-7-19-11(13)2/h5-9H,1-4H3. The van der Waals surface area contributed by atoms with Gasteiger partial charge >= 0.3 is 0 Å². The highest BCUT2D eigenvalue weighted by molar-refractivity contribution is 5.86. The van der Waals surface area contributed by atoms with Crippen LogP contribution >= 0.6 is 0 Å². The van der Waals surface area contributed by atoms with Crippen LogP contribution in [0.5, 0.6) is 5.75 Å². The van der Waals surface area contributed by atoms with Crippen LogP contribution in [0.15, 0.2) is 30.5 Å². The molecule has 0 unspecified atom stereocenters. The predicted molar refractivity (Wildman–Crippen MR) is 92.3 cm³/mol. The highest BCUT2D eigenvalue weighted by atomic mass is 16.5. The summed E-state index contributed by atoms with van der Waals surface area (Å²) in [4.78, 5) is 9.06. The Bertz CT molecular complexity index is 1080. The lowest BCUT2D eigenvalue weighted by atomic mass is 10.1. The molecule has 1 aromatic carbocycles. The second-order valence-corrected chi connectivity index (χ2v) is 5.85. The number of nitrogens with zero attached hydrogens (tertiary/aromatic N) is 5. The van der Waals surface area contributed by atoms with Crippen molar-refractivity contribution >= 4 is 16.7 Å². The molecule has 0 spiro atoms. The number of aromatic nitrogens is 5. The number of fused-ring (bicyclic) bond motifs is 3. The number of ether oxygens (including phenoxy) is 1. The largest absolute Gasteiger partial charge is 0.494 e. The number of aryl methyl sites for hydroxylation is 3. The van der Waals surface area contributed by atoms with Crippen LogP contribution in [0.4, 0.5) is 0 Å². The third kappa shape index (κ3) is 2.03. The van der Waals surface area contributed by atoms with Gasteiger partial charge in [0, 0.05) is 17.5 Å². The second kappa shape index (κ2) is 5.26.